The van der Waals surface area contributed by atoms with Crippen molar-refractivity contribution in [2.45, 2.75) is 71.6 Å². The molecule has 3 aromatic rings. The second kappa shape index (κ2) is 9.31. The van der Waals surface area contributed by atoms with E-state index in [9.17, 15) is 10.1 Å². The van der Waals surface area contributed by atoms with Crippen molar-refractivity contribution >= 4 is 17.7 Å². The van der Waals surface area contributed by atoms with Gasteiger partial charge in [-0.2, -0.15) is 5.26 Å². The topological polar surface area (TPSA) is 57.8 Å². The summed E-state index contributed by atoms with van der Waals surface area (Å²) in [4.78, 5) is 13.0. The minimum atomic E-state index is -0.383. The maximum Gasteiger partial charge on any atom is 0.266 e. The van der Waals surface area contributed by atoms with Crippen molar-refractivity contribution in [2.24, 2.45) is 17.8 Å². The van der Waals surface area contributed by atoms with E-state index < -0.39 is 0 Å². The first kappa shape index (κ1) is 24.7. The van der Waals surface area contributed by atoms with E-state index in [-0.39, 0.29) is 11.5 Å². The van der Waals surface area contributed by atoms with E-state index in [0.29, 0.717) is 5.41 Å². The van der Waals surface area contributed by atoms with Gasteiger partial charge in [-0.15, -0.1) is 0 Å². The molecular formula is C34H37N3O. The molecule has 0 aliphatic heterocycles. The van der Waals surface area contributed by atoms with Gasteiger partial charge < -0.3 is 9.88 Å². The molecule has 4 heteroatoms. The Kier molecular flexibility index (Phi) is 6.06. The number of nitrogens with one attached hydrogen (secondary N) is 1. The number of hydrogen-bond donors (Lipinski definition) is 1. The highest BCUT2D eigenvalue weighted by Crippen LogP contribution is 2.60. The third-order valence-electron chi connectivity index (χ3n) is 9.76. The summed E-state index contributed by atoms with van der Waals surface area (Å²) in [6.07, 6.45) is 10.2. The molecule has 4 aliphatic carbocycles. The number of rotatable bonds is 5. The molecule has 7 rings (SSSR count). The average Bonchev–Trinajstić information content (AvgIpc) is 3.16. The lowest BCUT2D eigenvalue weighted by Crippen LogP contribution is -2.48. The van der Waals surface area contributed by atoms with E-state index in [4.69, 9.17) is 0 Å². The van der Waals surface area contributed by atoms with Crippen LogP contribution in [0.15, 0.2) is 54.1 Å². The van der Waals surface area contributed by atoms with Crippen LogP contribution in [0.2, 0.25) is 0 Å². The summed E-state index contributed by atoms with van der Waals surface area (Å²) in [7, 11) is 0. The first-order chi connectivity index (χ1) is 18.3. The summed E-state index contributed by atoms with van der Waals surface area (Å²) in [5.41, 5.74) is 9.00. The van der Waals surface area contributed by atoms with Crippen molar-refractivity contribution in [3.8, 4) is 11.8 Å². The molecule has 1 heterocycles. The first-order valence-electron chi connectivity index (χ1n) is 14.1. The largest absolute Gasteiger partial charge is 0.321 e. The molecular weight excluding hydrogens is 466 g/mol. The van der Waals surface area contributed by atoms with Crippen LogP contribution >= 0.6 is 0 Å². The minimum absolute atomic E-state index is 0.100. The molecule has 4 saturated carbocycles. The predicted octanol–water partition coefficient (Wildman–Crippen LogP) is 7.72. The summed E-state index contributed by atoms with van der Waals surface area (Å²) in [5.74, 6) is 2.42. The Morgan fingerprint density at radius 3 is 2.21 bits per heavy atom. The molecule has 4 aliphatic rings. The summed E-state index contributed by atoms with van der Waals surface area (Å²) >= 11 is 0. The molecule has 0 unspecified atom stereocenters. The highest BCUT2D eigenvalue weighted by atomic mass is 16.1. The van der Waals surface area contributed by atoms with Crippen LogP contribution in [0.3, 0.4) is 0 Å². The maximum absolute atomic E-state index is 13.0. The number of hydrogen-bond acceptors (Lipinski definition) is 2. The number of benzene rings is 2. The Morgan fingerprint density at radius 1 is 0.974 bits per heavy atom. The lowest BCUT2D eigenvalue weighted by molar-refractivity contribution is -0.112. The number of aromatic nitrogens is 1. The molecule has 0 saturated heterocycles. The molecule has 0 radical (unpaired) electrons. The maximum atomic E-state index is 13.0. The summed E-state index contributed by atoms with van der Waals surface area (Å²) < 4.78 is 2.23. The lowest BCUT2D eigenvalue weighted by atomic mass is 9.48. The van der Waals surface area contributed by atoms with Crippen LogP contribution in [0, 0.1) is 56.8 Å². The van der Waals surface area contributed by atoms with Gasteiger partial charge in [0.2, 0.25) is 0 Å². The lowest BCUT2D eigenvalue weighted by Gasteiger charge is -2.57. The van der Waals surface area contributed by atoms with Crippen molar-refractivity contribution in [3.63, 3.8) is 0 Å². The van der Waals surface area contributed by atoms with Crippen molar-refractivity contribution in [3.05, 3.63) is 87.7 Å². The zero-order valence-electron chi connectivity index (χ0n) is 23.0. The first-order valence-corrected chi connectivity index (χ1v) is 14.1. The summed E-state index contributed by atoms with van der Waals surface area (Å²) in [5, 5.41) is 12.7. The fourth-order valence-electron chi connectivity index (χ4n) is 8.14. The van der Waals surface area contributed by atoms with E-state index in [1.165, 1.54) is 44.1 Å². The van der Waals surface area contributed by atoms with Crippen molar-refractivity contribution < 1.29 is 4.79 Å². The number of anilines is 1. The van der Waals surface area contributed by atoms with Crippen molar-refractivity contribution in [1.82, 2.24) is 4.57 Å². The van der Waals surface area contributed by atoms with E-state index >= 15 is 0 Å². The summed E-state index contributed by atoms with van der Waals surface area (Å²) in [6.45, 7) is 8.13. The Labute approximate surface area is 226 Å². The van der Waals surface area contributed by atoms with Gasteiger partial charge in [-0.1, -0.05) is 24.3 Å². The van der Waals surface area contributed by atoms with E-state index in [0.717, 1.165) is 57.2 Å². The van der Waals surface area contributed by atoms with Gasteiger partial charge >= 0.3 is 0 Å². The van der Waals surface area contributed by atoms with E-state index in [1.807, 2.05) is 32.0 Å². The molecule has 0 spiro atoms. The van der Waals surface area contributed by atoms with Gasteiger partial charge in [-0.05, 0) is 142 Å². The van der Waals surface area contributed by atoms with Crippen LogP contribution in [0.4, 0.5) is 5.69 Å². The monoisotopic (exact) mass is 503 g/mol. The highest BCUT2D eigenvalue weighted by molar-refractivity contribution is 6.10. The molecule has 4 bridgehead atoms. The van der Waals surface area contributed by atoms with E-state index in [2.05, 4.69) is 60.1 Å². The second-order valence-corrected chi connectivity index (χ2v) is 12.3. The third kappa shape index (κ3) is 4.19. The number of aryl methyl sites for hydroxylation is 2. The molecule has 194 valence electrons. The van der Waals surface area contributed by atoms with Gasteiger partial charge in [-0.25, -0.2) is 0 Å². The Balaban J connectivity index is 1.26. The zero-order chi connectivity index (χ0) is 26.6. The van der Waals surface area contributed by atoms with Gasteiger partial charge in [0.25, 0.3) is 5.91 Å². The molecule has 0 atom stereocenters. The van der Waals surface area contributed by atoms with Gasteiger partial charge in [-0.3, -0.25) is 4.79 Å². The quantitative estimate of drug-likeness (QED) is 0.286. The standard InChI is InChI=1S/C34H37N3O/c1-21-6-5-7-32(23(21)3)36-33(38)29(20-35)16-28-12-22(2)37(24(28)4)31-10-8-30(9-11-31)34-17-25-13-26(18-34)15-27(14-25)19-34/h5-12,16,25-27H,13-15,17-19H2,1-4H3,(H,36,38)/b29-16-. The van der Waals surface area contributed by atoms with Crippen LogP contribution in [-0.4, -0.2) is 10.5 Å². The molecule has 2 aromatic carbocycles. The number of amides is 1. The van der Waals surface area contributed by atoms with Gasteiger partial charge in [0.15, 0.2) is 0 Å². The van der Waals surface area contributed by atoms with Crippen LogP contribution in [0.1, 0.15) is 72.2 Å². The van der Waals surface area contributed by atoms with Crippen LogP contribution in [0.5, 0.6) is 0 Å². The normalized spacial score (nSPS) is 25.9. The predicted molar refractivity (Wildman–Crippen MR) is 153 cm³/mol. The molecule has 4 fully saturated rings. The second-order valence-electron chi connectivity index (χ2n) is 12.3. The Bertz CT molecular complexity index is 1450. The minimum Gasteiger partial charge on any atom is -0.321 e. The number of carbonyl (C=O) groups is 1. The average molecular weight is 504 g/mol. The van der Waals surface area contributed by atoms with E-state index in [1.54, 1.807) is 6.08 Å². The third-order valence-corrected chi connectivity index (χ3v) is 9.76. The number of nitriles is 1. The molecule has 38 heavy (non-hydrogen) atoms. The highest BCUT2D eigenvalue weighted by Gasteiger charge is 2.51. The van der Waals surface area contributed by atoms with Gasteiger partial charge in [0.05, 0.1) is 0 Å². The van der Waals surface area contributed by atoms with Crippen molar-refractivity contribution in [1.29, 1.82) is 5.26 Å². The van der Waals surface area contributed by atoms with Crippen LogP contribution in [0.25, 0.3) is 11.8 Å². The molecule has 1 aromatic heterocycles. The SMILES string of the molecule is Cc1cccc(NC(=O)/C(C#N)=C\c2cc(C)n(-c3ccc(C45CC6CC(CC(C6)C4)C5)cc3)c2C)c1C. The zero-order valence-corrected chi connectivity index (χ0v) is 23.0. The number of nitrogens with zero attached hydrogens (tertiary/aromatic N) is 2. The Morgan fingerprint density at radius 2 is 1.61 bits per heavy atom. The fourth-order valence-corrected chi connectivity index (χ4v) is 8.14. The van der Waals surface area contributed by atoms with Gasteiger partial charge in [0.1, 0.15) is 11.6 Å². The van der Waals surface area contributed by atoms with Crippen molar-refractivity contribution in [2.75, 3.05) is 5.32 Å². The summed E-state index contributed by atoms with van der Waals surface area (Å²) in [6, 6.07) is 19.2. The van der Waals surface area contributed by atoms with Crippen LogP contribution in [-0.2, 0) is 10.2 Å². The molecule has 1 amide bonds. The smallest absolute Gasteiger partial charge is 0.266 e. The Hall–Kier alpha value is -3.58. The fraction of sp³-hybridized carbons (Fsp3) is 0.412. The number of carbonyl (C=O) groups excluding carboxylic acids is 1. The molecule has 1 N–H and O–H groups in total. The molecule has 4 nitrogen and oxygen atoms in total. The van der Waals surface area contributed by atoms with Gasteiger partial charge in [0, 0.05) is 22.8 Å². The van der Waals surface area contributed by atoms with Crippen LogP contribution < -0.4 is 5.32 Å².